The highest BCUT2D eigenvalue weighted by Gasteiger charge is 2.17. The van der Waals surface area contributed by atoms with Crippen molar-refractivity contribution in [1.82, 2.24) is 0 Å². The van der Waals surface area contributed by atoms with Crippen molar-refractivity contribution in [1.29, 1.82) is 0 Å². The Balaban J connectivity index is 4.41. The fraction of sp³-hybridized carbons (Fsp3) is 0.684. The zero-order valence-corrected chi connectivity index (χ0v) is 40.6. The molecule has 0 rings (SSSR count). The summed E-state index contributed by atoms with van der Waals surface area (Å²) in [5, 5.41) is 0. The Bertz CT molecular complexity index is 1200. The number of rotatable bonds is 46. The molecule has 0 heterocycles. The van der Waals surface area contributed by atoms with Gasteiger partial charge in [-0.25, -0.2) is 0 Å². The first-order chi connectivity index (χ1) is 30.6. The number of allylic oxidation sites excluding steroid dienone is 15. The maximum absolute atomic E-state index is 12.7. The van der Waals surface area contributed by atoms with Crippen LogP contribution < -0.4 is 0 Å². The van der Waals surface area contributed by atoms with Crippen molar-refractivity contribution in [3.05, 3.63) is 97.2 Å². The second-order valence-electron chi connectivity index (χ2n) is 16.7. The Morgan fingerprint density at radius 2 is 0.774 bits per heavy atom. The molecule has 1 atom stereocenters. The van der Waals surface area contributed by atoms with Gasteiger partial charge in [0.25, 0.3) is 0 Å². The second kappa shape index (κ2) is 52.2. The maximum Gasteiger partial charge on any atom is 0.310 e. The molecule has 0 aliphatic carbocycles. The predicted octanol–water partition coefficient (Wildman–Crippen LogP) is 17.5. The molecule has 0 aliphatic heterocycles. The van der Waals surface area contributed by atoms with E-state index in [0.29, 0.717) is 13.0 Å². The number of unbranched alkanes of at least 4 members (excludes halogenated alkanes) is 20. The van der Waals surface area contributed by atoms with E-state index < -0.39 is 6.10 Å². The molecule has 0 radical (unpaired) electrons. The molecule has 0 bridgehead atoms. The molecule has 0 aromatic heterocycles. The van der Waals surface area contributed by atoms with Gasteiger partial charge >= 0.3 is 11.9 Å². The summed E-state index contributed by atoms with van der Waals surface area (Å²) in [4.78, 5) is 25.3. The fourth-order valence-electron chi connectivity index (χ4n) is 6.79. The number of hydrogen-bond donors (Lipinski definition) is 0. The predicted molar refractivity (Wildman–Crippen MR) is 270 cm³/mol. The molecule has 1 unspecified atom stereocenters. The van der Waals surface area contributed by atoms with Crippen molar-refractivity contribution in [2.75, 3.05) is 19.8 Å². The summed E-state index contributed by atoms with van der Waals surface area (Å²) in [6, 6.07) is 0. The van der Waals surface area contributed by atoms with Gasteiger partial charge < -0.3 is 14.2 Å². The Hall–Kier alpha value is -3.18. The largest absolute Gasteiger partial charge is 0.462 e. The molecule has 62 heavy (non-hydrogen) atoms. The topological polar surface area (TPSA) is 61.8 Å². The first kappa shape index (κ1) is 58.8. The van der Waals surface area contributed by atoms with Crippen LogP contribution >= 0.6 is 0 Å². The molecule has 0 spiro atoms. The minimum absolute atomic E-state index is 0.0348. The number of ether oxygens (including phenoxy) is 3. The molecule has 354 valence electrons. The van der Waals surface area contributed by atoms with Crippen LogP contribution in [-0.2, 0) is 23.8 Å². The summed E-state index contributed by atoms with van der Waals surface area (Å²) in [5.74, 6) is -0.558. The summed E-state index contributed by atoms with van der Waals surface area (Å²) >= 11 is 0. The third-order valence-corrected chi connectivity index (χ3v) is 10.6. The lowest BCUT2D eigenvalue weighted by atomic mass is 10.1. The van der Waals surface area contributed by atoms with E-state index in [1.54, 1.807) is 0 Å². The van der Waals surface area contributed by atoms with Crippen LogP contribution in [0.3, 0.4) is 0 Å². The van der Waals surface area contributed by atoms with E-state index in [0.717, 1.165) is 77.0 Å². The summed E-state index contributed by atoms with van der Waals surface area (Å²) < 4.78 is 17.3. The van der Waals surface area contributed by atoms with Gasteiger partial charge in [-0.3, -0.25) is 9.59 Å². The number of esters is 2. The Labute approximate surface area is 383 Å². The summed E-state index contributed by atoms with van der Waals surface area (Å²) in [6.07, 6.45) is 70.1. The molecule has 0 N–H and O–H groups in total. The molecule has 0 saturated heterocycles. The monoisotopic (exact) mass is 861 g/mol. The third-order valence-electron chi connectivity index (χ3n) is 10.6. The van der Waals surface area contributed by atoms with Crippen molar-refractivity contribution in [3.8, 4) is 0 Å². The van der Waals surface area contributed by atoms with Gasteiger partial charge in [0, 0.05) is 13.0 Å². The quantitative estimate of drug-likeness (QED) is 0.0347. The van der Waals surface area contributed by atoms with Crippen LogP contribution in [-0.4, -0.2) is 37.9 Å². The molecule has 0 aromatic carbocycles. The normalized spacial score (nSPS) is 13.0. The van der Waals surface area contributed by atoms with Crippen LogP contribution in [0.4, 0.5) is 0 Å². The second-order valence-corrected chi connectivity index (χ2v) is 16.7. The average Bonchev–Trinajstić information content (AvgIpc) is 3.27. The van der Waals surface area contributed by atoms with Gasteiger partial charge in [0.05, 0.1) is 13.0 Å². The van der Waals surface area contributed by atoms with Crippen LogP contribution in [0.15, 0.2) is 97.2 Å². The van der Waals surface area contributed by atoms with Crippen LogP contribution in [0.5, 0.6) is 0 Å². The van der Waals surface area contributed by atoms with Crippen molar-refractivity contribution in [2.45, 2.75) is 232 Å². The van der Waals surface area contributed by atoms with Gasteiger partial charge in [0.15, 0.2) is 6.10 Å². The van der Waals surface area contributed by atoms with E-state index in [1.807, 2.05) is 12.2 Å². The highest BCUT2D eigenvalue weighted by molar-refractivity contribution is 5.71. The minimum atomic E-state index is -0.601. The van der Waals surface area contributed by atoms with Gasteiger partial charge in [-0.05, 0) is 103 Å². The zero-order valence-electron chi connectivity index (χ0n) is 40.6. The lowest BCUT2D eigenvalue weighted by Crippen LogP contribution is -2.29. The van der Waals surface area contributed by atoms with Crippen LogP contribution in [0.1, 0.15) is 226 Å². The van der Waals surface area contributed by atoms with E-state index in [9.17, 15) is 9.59 Å². The van der Waals surface area contributed by atoms with Crippen LogP contribution in [0.2, 0.25) is 0 Å². The van der Waals surface area contributed by atoms with Crippen molar-refractivity contribution < 1.29 is 23.8 Å². The molecule has 0 aromatic rings. The maximum atomic E-state index is 12.7. The summed E-state index contributed by atoms with van der Waals surface area (Å²) in [7, 11) is 0. The SMILES string of the molecule is CC/C=C\C/C=C\C/C=C\C/C=C\C/C=C\CC(=O)OC(COCCCCCCCC/C=C\CCCCCC)COC(=O)CCCCCCCCC/C=C\C/C=C\CCCCC. The smallest absolute Gasteiger partial charge is 0.310 e. The Morgan fingerprint density at radius 1 is 0.387 bits per heavy atom. The molecular weight excluding hydrogens is 765 g/mol. The van der Waals surface area contributed by atoms with Crippen LogP contribution in [0, 0.1) is 0 Å². The van der Waals surface area contributed by atoms with E-state index in [1.165, 1.54) is 116 Å². The van der Waals surface area contributed by atoms with E-state index in [2.05, 4.69) is 106 Å². The first-order valence-electron chi connectivity index (χ1n) is 25.8. The highest BCUT2D eigenvalue weighted by Crippen LogP contribution is 2.13. The number of hydrogen-bond acceptors (Lipinski definition) is 5. The lowest BCUT2D eigenvalue weighted by Gasteiger charge is -2.18. The van der Waals surface area contributed by atoms with Gasteiger partial charge in [0.1, 0.15) is 6.61 Å². The van der Waals surface area contributed by atoms with Gasteiger partial charge in [-0.2, -0.15) is 0 Å². The number of carbonyl (C=O) groups excluding carboxylic acids is 2. The number of carbonyl (C=O) groups is 2. The molecule has 5 heteroatoms. The highest BCUT2D eigenvalue weighted by atomic mass is 16.6. The molecular formula is C57H96O5. The molecule has 0 aliphatic rings. The molecule has 0 amide bonds. The van der Waals surface area contributed by atoms with E-state index in [4.69, 9.17) is 14.2 Å². The zero-order chi connectivity index (χ0) is 44.9. The first-order valence-corrected chi connectivity index (χ1v) is 25.8. The van der Waals surface area contributed by atoms with Crippen molar-refractivity contribution in [2.24, 2.45) is 0 Å². The van der Waals surface area contributed by atoms with Gasteiger partial charge in [-0.15, -0.1) is 0 Å². The average molecular weight is 861 g/mol. The van der Waals surface area contributed by atoms with Gasteiger partial charge in [-0.1, -0.05) is 208 Å². The third kappa shape index (κ3) is 49.5. The van der Waals surface area contributed by atoms with Crippen molar-refractivity contribution in [3.63, 3.8) is 0 Å². The van der Waals surface area contributed by atoms with Crippen molar-refractivity contribution >= 4 is 11.9 Å². The van der Waals surface area contributed by atoms with E-state index in [-0.39, 0.29) is 31.6 Å². The van der Waals surface area contributed by atoms with E-state index >= 15 is 0 Å². The standard InChI is InChI=1S/C57H96O5/c1-4-7-10-13-16-19-22-25-28-29-31-32-35-38-41-44-47-50-56(58)61-54-55(53-60-52-49-46-43-40-37-34-27-24-21-18-15-12-9-6-3)62-57(59)51-48-45-42-39-36-33-30-26-23-20-17-14-11-8-5-2/h8,11,16-17,19-21,24-26,28,30,36,39,45,48,55H,4-7,9-10,12-15,18,22-23,27,29,31-35,37-38,40-44,46-47,49-54H2,1-3H3/b11-8-,19-16-,20-17-,24-21-,28-25-,30-26-,39-36-,48-45-. The van der Waals surface area contributed by atoms with Crippen LogP contribution in [0.25, 0.3) is 0 Å². The minimum Gasteiger partial charge on any atom is -0.462 e. The fourth-order valence-corrected chi connectivity index (χ4v) is 6.79. The Morgan fingerprint density at radius 3 is 1.29 bits per heavy atom. The molecule has 0 saturated carbocycles. The molecule has 5 nitrogen and oxygen atoms in total. The summed E-state index contributed by atoms with van der Waals surface area (Å²) in [6.45, 7) is 7.55. The van der Waals surface area contributed by atoms with Gasteiger partial charge in [0.2, 0.25) is 0 Å². The summed E-state index contributed by atoms with van der Waals surface area (Å²) in [5.41, 5.74) is 0. The Kier molecular flexibility index (Phi) is 49.5. The lowest BCUT2D eigenvalue weighted by molar-refractivity contribution is -0.162. The molecule has 0 fully saturated rings.